The van der Waals surface area contributed by atoms with Crippen molar-refractivity contribution in [1.82, 2.24) is 10.2 Å². The summed E-state index contributed by atoms with van der Waals surface area (Å²) >= 11 is 0. The highest BCUT2D eigenvalue weighted by Crippen LogP contribution is 2.42. The van der Waals surface area contributed by atoms with Crippen LogP contribution in [0, 0.1) is 0 Å². The van der Waals surface area contributed by atoms with Crippen molar-refractivity contribution in [2.75, 3.05) is 45.7 Å². The van der Waals surface area contributed by atoms with Crippen LogP contribution in [0.5, 0.6) is 17.2 Å². The normalized spacial score (nSPS) is 20.3. The van der Waals surface area contributed by atoms with Crippen molar-refractivity contribution in [2.45, 2.75) is 25.1 Å². The van der Waals surface area contributed by atoms with Crippen molar-refractivity contribution in [2.24, 2.45) is 10.7 Å². The minimum atomic E-state index is -1.70. The zero-order chi connectivity index (χ0) is 23.6. The Labute approximate surface area is 193 Å². The van der Waals surface area contributed by atoms with E-state index in [2.05, 4.69) is 15.5 Å². The Morgan fingerprint density at radius 2 is 1.73 bits per heavy atom. The van der Waals surface area contributed by atoms with Gasteiger partial charge < -0.3 is 29.7 Å². The van der Waals surface area contributed by atoms with Gasteiger partial charge in [-0.2, -0.15) is 0 Å². The van der Waals surface area contributed by atoms with E-state index in [-0.39, 0.29) is 5.78 Å². The van der Waals surface area contributed by atoms with Crippen LogP contribution in [0.4, 0.5) is 5.69 Å². The number of anilines is 1. The number of hydrogen-bond donors (Lipinski definition) is 3. The highest BCUT2D eigenvalue weighted by molar-refractivity contribution is 6.05. The number of para-hydroxylation sites is 1. The number of aliphatic imine (C=N–C) groups is 1. The molecule has 2 aliphatic heterocycles. The van der Waals surface area contributed by atoms with Gasteiger partial charge in [0.05, 0.1) is 19.9 Å². The van der Waals surface area contributed by atoms with E-state index >= 15 is 0 Å². The van der Waals surface area contributed by atoms with Crippen molar-refractivity contribution in [3.63, 3.8) is 0 Å². The van der Waals surface area contributed by atoms with Crippen LogP contribution in [0.2, 0.25) is 0 Å². The fourth-order valence-electron chi connectivity index (χ4n) is 4.16. The highest BCUT2D eigenvalue weighted by atomic mass is 16.5. The average molecular weight is 454 g/mol. The molecule has 2 aromatic rings. The van der Waals surface area contributed by atoms with Crippen LogP contribution in [-0.2, 0) is 10.5 Å². The van der Waals surface area contributed by atoms with Gasteiger partial charge in [0, 0.05) is 37.8 Å². The van der Waals surface area contributed by atoms with Gasteiger partial charge in [-0.3, -0.25) is 10.5 Å². The molecule has 0 aliphatic carbocycles. The quantitative estimate of drug-likeness (QED) is 0.609. The molecule has 1 saturated heterocycles. The van der Waals surface area contributed by atoms with Gasteiger partial charge >= 0.3 is 0 Å². The largest absolute Gasteiger partial charge is 0.493 e. The zero-order valence-corrected chi connectivity index (χ0v) is 19.5. The number of guanidine groups is 1. The molecule has 33 heavy (non-hydrogen) atoms. The molecule has 176 valence electrons. The molecule has 1 atom stereocenters. The first kappa shape index (κ1) is 22.9. The molecular weight excluding hydrogens is 422 g/mol. The lowest BCUT2D eigenvalue weighted by Crippen LogP contribution is -2.59. The van der Waals surface area contributed by atoms with Crippen molar-refractivity contribution in [1.29, 1.82) is 0 Å². The average Bonchev–Trinajstić information content (AvgIpc) is 2.83. The molecule has 9 heteroatoms. The smallest absolute Gasteiger partial charge is 0.222 e. The number of methoxy groups -OCH3 is 2. The molecule has 0 saturated carbocycles. The number of rotatable bonds is 6. The monoisotopic (exact) mass is 453 g/mol. The minimum Gasteiger partial charge on any atom is -0.493 e. The van der Waals surface area contributed by atoms with Crippen LogP contribution in [0.1, 0.15) is 19.4 Å². The third-order valence-corrected chi connectivity index (χ3v) is 5.89. The van der Waals surface area contributed by atoms with Crippen LogP contribution in [0.15, 0.2) is 47.5 Å². The van der Waals surface area contributed by atoms with Crippen LogP contribution < -0.4 is 30.6 Å². The number of fused-ring (bicyclic) bond motifs is 1. The minimum absolute atomic E-state index is 0.374. The van der Waals surface area contributed by atoms with Crippen LogP contribution >= 0.6 is 0 Å². The number of carbonyl (C=O) groups excluding carboxylic acids is 1. The lowest BCUT2D eigenvalue weighted by Gasteiger charge is -2.40. The van der Waals surface area contributed by atoms with Gasteiger partial charge in [0.25, 0.3) is 0 Å². The van der Waals surface area contributed by atoms with Gasteiger partial charge in [-0.15, -0.1) is 0 Å². The molecule has 1 unspecified atom stereocenters. The molecule has 0 amide bonds. The number of nitrogens with two attached hydrogens (primary N) is 1. The van der Waals surface area contributed by atoms with Gasteiger partial charge in [0.1, 0.15) is 5.75 Å². The van der Waals surface area contributed by atoms with Crippen molar-refractivity contribution in [3.8, 4) is 17.2 Å². The molecule has 0 spiro atoms. The summed E-state index contributed by atoms with van der Waals surface area (Å²) in [5, 5.41) is 6.67. The third kappa shape index (κ3) is 4.34. The summed E-state index contributed by atoms with van der Waals surface area (Å²) in [6.07, 6.45) is 0. The summed E-state index contributed by atoms with van der Waals surface area (Å²) in [5.74, 6) is 1.74. The summed E-state index contributed by atoms with van der Waals surface area (Å²) in [7, 11) is 3.11. The van der Waals surface area contributed by atoms with Crippen molar-refractivity contribution < 1.29 is 19.0 Å². The molecule has 9 nitrogen and oxygen atoms in total. The van der Waals surface area contributed by atoms with E-state index in [9.17, 15) is 4.79 Å². The Kier molecular flexibility index (Phi) is 6.18. The van der Waals surface area contributed by atoms with Crippen molar-refractivity contribution in [3.05, 3.63) is 48.0 Å². The maximum Gasteiger partial charge on any atom is 0.222 e. The van der Waals surface area contributed by atoms with Gasteiger partial charge in [0.2, 0.25) is 17.4 Å². The molecule has 2 aromatic carbocycles. The Balaban J connectivity index is 1.80. The molecule has 4 N–H and O–H groups in total. The molecule has 4 rings (SSSR count). The molecular formula is C24H31N5O4. The highest BCUT2D eigenvalue weighted by Gasteiger charge is 2.50. The lowest BCUT2D eigenvalue weighted by atomic mass is 9.85. The first-order valence-corrected chi connectivity index (χ1v) is 11.0. The molecule has 2 heterocycles. The predicted octanol–water partition coefficient (Wildman–Crippen LogP) is 1.93. The molecule has 0 aromatic heterocycles. The van der Waals surface area contributed by atoms with E-state index < -0.39 is 11.3 Å². The van der Waals surface area contributed by atoms with E-state index in [0.29, 0.717) is 34.5 Å². The summed E-state index contributed by atoms with van der Waals surface area (Å²) < 4.78 is 17.0. The van der Waals surface area contributed by atoms with E-state index in [1.165, 1.54) is 0 Å². The second-order valence-electron chi connectivity index (χ2n) is 8.57. The van der Waals surface area contributed by atoms with Gasteiger partial charge in [-0.25, -0.2) is 4.99 Å². The summed E-state index contributed by atoms with van der Waals surface area (Å²) in [6.45, 7) is 6.52. The second-order valence-corrected chi connectivity index (χ2v) is 8.57. The Morgan fingerprint density at radius 1 is 1.09 bits per heavy atom. The van der Waals surface area contributed by atoms with E-state index in [1.807, 2.05) is 18.2 Å². The Morgan fingerprint density at radius 3 is 2.36 bits per heavy atom. The number of ketones is 1. The molecule has 0 bridgehead atoms. The zero-order valence-electron chi connectivity index (χ0n) is 19.5. The predicted molar refractivity (Wildman–Crippen MR) is 127 cm³/mol. The number of carbonyl (C=O) groups is 1. The van der Waals surface area contributed by atoms with Crippen LogP contribution in [-0.4, -0.2) is 62.6 Å². The number of benzene rings is 2. The fraction of sp³-hybridized carbons (Fsp3) is 0.417. The maximum atomic E-state index is 14.0. The lowest BCUT2D eigenvalue weighted by molar-refractivity contribution is -0.137. The second kappa shape index (κ2) is 8.92. The Hall–Kier alpha value is -3.30. The number of nitrogens with zero attached hydrogens (tertiary/aromatic N) is 2. The fourth-order valence-corrected chi connectivity index (χ4v) is 4.16. The number of piperazine rings is 1. The first-order valence-electron chi connectivity index (χ1n) is 11.0. The molecule has 1 fully saturated rings. The summed E-state index contributed by atoms with van der Waals surface area (Å²) in [6, 6.07) is 12.7. The topological polar surface area (TPSA) is 110 Å². The number of nitrogens with one attached hydrogen (secondary N) is 2. The summed E-state index contributed by atoms with van der Waals surface area (Å²) in [4.78, 5) is 20.9. The first-order chi connectivity index (χ1) is 15.8. The number of Topliss-reactive ketones (excluding diaryl/α,β-unsaturated/α-hetero) is 1. The standard InChI is InChI=1S/C24H31N5O4/c1-23(2,33-16-8-6-5-7-9-16)21(30)24(25)17-14-19(31-3)20(32-4)15-18(17)27-22(28-24)29-12-10-26-11-13-29/h5-9,14-15,26H,10-13,25H2,1-4H3,(H,27,28). The van der Waals surface area contributed by atoms with Gasteiger partial charge in [0.15, 0.2) is 17.1 Å². The molecule has 2 aliphatic rings. The number of ether oxygens (including phenoxy) is 3. The van der Waals surface area contributed by atoms with Crippen LogP contribution in [0.3, 0.4) is 0 Å². The third-order valence-electron chi connectivity index (χ3n) is 5.89. The number of hydrogen-bond acceptors (Lipinski definition) is 9. The van der Waals surface area contributed by atoms with Crippen LogP contribution in [0.25, 0.3) is 0 Å². The summed E-state index contributed by atoms with van der Waals surface area (Å²) in [5.41, 5.74) is 5.06. The van der Waals surface area contributed by atoms with E-state index in [0.717, 1.165) is 26.2 Å². The van der Waals surface area contributed by atoms with Gasteiger partial charge in [-0.1, -0.05) is 18.2 Å². The molecule has 0 radical (unpaired) electrons. The van der Waals surface area contributed by atoms with E-state index in [1.54, 1.807) is 52.3 Å². The van der Waals surface area contributed by atoms with E-state index in [4.69, 9.17) is 24.9 Å². The van der Waals surface area contributed by atoms with Gasteiger partial charge in [-0.05, 0) is 32.0 Å². The Bertz CT molecular complexity index is 1050. The SMILES string of the molecule is COc1cc2c(cc1OC)C(N)(C(=O)C(C)(C)Oc1ccccc1)N=C(N1CCNCC1)N2. The van der Waals surface area contributed by atoms with Crippen molar-refractivity contribution >= 4 is 17.4 Å². The maximum absolute atomic E-state index is 14.0.